The smallest absolute Gasteiger partial charge is 0.328 e. The Morgan fingerprint density at radius 3 is 2.22 bits per heavy atom. The Balaban J connectivity index is 1.93. The Morgan fingerprint density at radius 1 is 0.938 bits per heavy atom. The van der Waals surface area contributed by atoms with Crippen molar-refractivity contribution < 1.29 is 29.0 Å². The fourth-order valence-electron chi connectivity index (χ4n) is 3.25. The van der Waals surface area contributed by atoms with Crippen LogP contribution in [0.15, 0.2) is 54.6 Å². The Bertz CT molecular complexity index is 870. The van der Waals surface area contributed by atoms with Gasteiger partial charge < -0.3 is 25.2 Å². The number of aryl methyl sites for hydroxylation is 1. The standard InChI is InChI=1S/C24H30N2O6/c1-31-19-12-10-17(11-13-19)9-6-14-25-20(16-22(27)28)23(29)26-21(24(30)32-2)15-18-7-4-3-5-8-18/h3-5,7-8,10-13,20-21,25H,6,9,14-16H2,1-2H3,(H,26,29)(H,27,28). The van der Waals surface area contributed by atoms with Gasteiger partial charge in [0, 0.05) is 6.42 Å². The van der Waals surface area contributed by atoms with E-state index in [4.69, 9.17) is 9.47 Å². The number of benzene rings is 2. The zero-order valence-corrected chi connectivity index (χ0v) is 18.4. The van der Waals surface area contributed by atoms with Crippen molar-refractivity contribution in [2.75, 3.05) is 20.8 Å². The molecule has 2 aromatic carbocycles. The maximum Gasteiger partial charge on any atom is 0.328 e. The van der Waals surface area contributed by atoms with E-state index in [-0.39, 0.29) is 6.42 Å². The van der Waals surface area contributed by atoms with Crippen LogP contribution in [0.3, 0.4) is 0 Å². The second-order valence-corrected chi connectivity index (χ2v) is 7.33. The molecule has 0 aromatic heterocycles. The monoisotopic (exact) mass is 442 g/mol. The summed E-state index contributed by atoms with van der Waals surface area (Å²) in [7, 11) is 2.86. The van der Waals surface area contributed by atoms with Crippen LogP contribution in [0.4, 0.5) is 0 Å². The minimum Gasteiger partial charge on any atom is -0.497 e. The minimum absolute atomic E-state index is 0.247. The molecular formula is C24H30N2O6. The van der Waals surface area contributed by atoms with Crippen molar-refractivity contribution >= 4 is 17.8 Å². The molecule has 172 valence electrons. The molecule has 0 saturated heterocycles. The van der Waals surface area contributed by atoms with Gasteiger partial charge in [-0.3, -0.25) is 9.59 Å². The number of carboxylic acids is 1. The van der Waals surface area contributed by atoms with E-state index in [1.165, 1.54) is 7.11 Å². The van der Waals surface area contributed by atoms with Crippen LogP contribution < -0.4 is 15.4 Å². The second kappa shape index (κ2) is 13.1. The Hall–Kier alpha value is -3.39. The van der Waals surface area contributed by atoms with Gasteiger partial charge in [-0.05, 0) is 42.6 Å². The van der Waals surface area contributed by atoms with Crippen molar-refractivity contribution in [3.63, 3.8) is 0 Å². The molecule has 2 aromatic rings. The highest BCUT2D eigenvalue weighted by atomic mass is 16.5. The lowest BCUT2D eigenvalue weighted by Gasteiger charge is -2.21. The molecule has 2 unspecified atom stereocenters. The lowest BCUT2D eigenvalue weighted by molar-refractivity contribution is -0.145. The number of rotatable bonds is 13. The van der Waals surface area contributed by atoms with Crippen molar-refractivity contribution in [1.29, 1.82) is 0 Å². The highest BCUT2D eigenvalue weighted by molar-refractivity contribution is 5.90. The third-order valence-electron chi connectivity index (χ3n) is 4.97. The van der Waals surface area contributed by atoms with E-state index >= 15 is 0 Å². The van der Waals surface area contributed by atoms with Gasteiger partial charge in [0.1, 0.15) is 11.8 Å². The SMILES string of the molecule is COC(=O)C(Cc1ccccc1)NC(=O)C(CC(=O)O)NCCCc1ccc(OC)cc1. The molecular weight excluding hydrogens is 412 g/mol. The number of hydrogen-bond acceptors (Lipinski definition) is 6. The van der Waals surface area contributed by atoms with E-state index in [9.17, 15) is 19.5 Å². The Kier molecular flexibility index (Phi) is 10.2. The van der Waals surface area contributed by atoms with Crippen molar-refractivity contribution in [3.05, 3.63) is 65.7 Å². The maximum absolute atomic E-state index is 12.8. The van der Waals surface area contributed by atoms with Crippen molar-refractivity contribution in [2.45, 2.75) is 37.8 Å². The molecule has 1 amide bonds. The molecule has 2 atom stereocenters. The van der Waals surface area contributed by atoms with Crippen LogP contribution in [0.25, 0.3) is 0 Å². The van der Waals surface area contributed by atoms with Crippen LogP contribution in [0.1, 0.15) is 24.0 Å². The van der Waals surface area contributed by atoms with E-state index in [0.29, 0.717) is 13.0 Å². The number of esters is 1. The largest absolute Gasteiger partial charge is 0.497 e. The quantitative estimate of drug-likeness (QED) is 0.321. The van der Waals surface area contributed by atoms with Crippen molar-refractivity contribution in [3.8, 4) is 5.75 Å². The predicted octanol–water partition coefficient (Wildman–Crippen LogP) is 1.96. The molecule has 0 heterocycles. The molecule has 8 nitrogen and oxygen atoms in total. The van der Waals surface area contributed by atoms with Gasteiger partial charge in [0.2, 0.25) is 5.91 Å². The second-order valence-electron chi connectivity index (χ2n) is 7.33. The van der Waals surface area contributed by atoms with Gasteiger partial charge in [0.25, 0.3) is 0 Å². The Morgan fingerprint density at radius 2 is 1.62 bits per heavy atom. The number of methoxy groups -OCH3 is 2. The lowest BCUT2D eigenvalue weighted by Crippen LogP contribution is -2.52. The van der Waals surface area contributed by atoms with Crippen LogP contribution in [-0.2, 0) is 32.0 Å². The molecule has 0 aliphatic heterocycles. The summed E-state index contributed by atoms with van der Waals surface area (Å²) in [6.45, 7) is 0.443. The van der Waals surface area contributed by atoms with Gasteiger partial charge in [-0.1, -0.05) is 42.5 Å². The topological polar surface area (TPSA) is 114 Å². The number of ether oxygens (including phenoxy) is 2. The van der Waals surface area contributed by atoms with E-state index < -0.39 is 36.4 Å². The fourth-order valence-corrected chi connectivity index (χ4v) is 3.25. The van der Waals surface area contributed by atoms with Gasteiger partial charge in [0.05, 0.1) is 26.7 Å². The number of nitrogens with one attached hydrogen (secondary N) is 2. The molecule has 0 aliphatic rings. The summed E-state index contributed by atoms with van der Waals surface area (Å²) in [5, 5.41) is 14.9. The van der Waals surface area contributed by atoms with E-state index in [1.54, 1.807) is 7.11 Å². The molecule has 8 heteroatoms. The summed E-state index contributed by atoms with van der Waals surface area (Å²) < 4.78 is 9.95. The summed E-state index contributed by atoms with van der Waals surface area (Å²) >= 11 is 0. The van der Waals surface area contributed by atoms with Gasteiger partial charge in [0.15, 0.2) is 0 Å². The molecule has 0 saturated carbocycles. The average molecular weight is 443 g/mol. The van der Waals surface area contributed by atoms with Crippen LogP contribution in [0.2, 0.25) is 0 Å². The zero-order valence-electron chi connectivity index (χ0n) is 18.4. The highest BCUT2D eigenvalue weighted by Crippen LogP contribution is 2.12. The van der Waals surface area contributed by atoms with Gasteiger partial charge in [-0.15, -0.1) is 0 Å². The minimum atomic E-state index is -1.11. The van der Waals surface area contributed by atoms with E-state index in [2.05, 4.69) is 10.6 Å². The Labute approximate surface area is 187 Å². The van der Waals surface area contributed by atoms with Crippen molar-refractivity contribution in [1.82, 2.24) is 10.6 Å². The number of carbonyl (C=O) groups excluding carboxylic acids is 2. The zero-order chi connectivity index (χ0) is 23.3. The molecule has 0 spiro atoms. The summed E-state index contributed by atoms with van der Waals surface area (Å²) in [5.74, 6) is -1.47. The number of carboxylic acid groups (broad SMARTS) is 1. The van der Waals surface area contributed by atoms with E-state index in [0.717, 1.165) is 23.3 Å². The van der Waals surface area contributed by atoms with Crippen LogP contribution in [0.5, 0.6) is 5.75 Å². The third-order valence-corrected chi connectivity index (χ3v) is 4.97. The third kappa shape index (κ3) is 8.39. The van der Waals surface area contributed by atoms with Crippen LogP contribution >= 0.6 is 0 Å². The summed E-state index contributed by atoms with van der Waals surface area (Å²) in [6, 6.07) is 15.0. The molecule has 0 aliphatic carbocycles. The summed E-state index contributed by atoms with van der Waals surface area (Å²) in [6.07, 6.45) is 1.32. The maximum atomic E-state index is 12.8. The van der Waals surface area contributed by atoms with Crippen LogP contribution in [0, 0.1) is 0 Å². The lowest BCUT2D eigenvalue weighted by atomic mass is 10.0. The highest BCUT2D eigenvalue weighted by Gasteiger charge is 2.27. The number of amides is 1. The molecule has 0 fully saturated rings. The molecule has 0 bridgehead atoms. The molecule has 32 heavy (non-hydrogen) atoms. The van der Waals surface area contributed by atoms with Crippen LogP contribution in [-0.4, -0.2) is 55.8 Å². The predicted molar refractivity (Wildman–Crippen MR) is 119 cm³/mol. The number of hydrogen-bond donors (Lipinski definition) is 3. The summed E-state index contributed by atoms with van der Waals surface area (Å²) in [5.41, 5.74) is 1.96. The first-order valence-electron chi connectivity index (χ1n) is 10.4. The molecule has 0 radical (unpaired) electrons. The number of carbonyl (C=O) groups is 3. The van der Waals surface area contributed by atoms with Gasteiger partial charge in [-0.25, -0.2) is 4.79 Å². The normalized spacial score (nSPS) is 12.4. The average Bonchev–Trinajstić information content (AvgIpc) is 2.80. The van der Waals surface area contributed by atoms with E-state index in [1.807, 2.05) is 54.6 Å². The summed E-state index contributed by atoms with van der Waals surface area (Å²) in [4.78, 5) is 36.2. The molecule has 3 N–H and O–H groups in total. The molecule has 2 rings (SSSR count). The first kappa shape index (κ1) is 24.9. The first-order valence-corrected chi connectivity index (χ1v) is 10.4. The van der Waals surface area contributed by atoms with Gasteiger partial charge >= 0.3 is 11.9 Å². The van der Waals surface area contributed by atoms with Crippen molar-refractivity contribution in [2.24, 2.45) is 0 Å². The first-order chi connectivity index (χ1) is 15.4. The number of aliphatic carboxylic acids is 1. The fraction of sp³-hybridized carbons (Fsp3) is 0.375. The van der Waals surface area contributed by atoms with Gasteiger partial charge in [-0.2, -0.15) is 0 Å².